The zero-order valence-corrected chi connectivity index (χ0v) is 17.1. The Morgan fingerprint density at radius 1 is 0.962 bits per heavy atom. The van der Waals surface area contributed by atoms with Gasteiger partial charge in [-0.2, -0.15) is 0 Å². The molecule has 2 aromatic rings. The summed E-state index contributed by atoms with van der Waals surface area (Å²) >= 11 is 5.78. The summed E-state index contributed by atoms with van der Waals surface area (Å²) in [7, 11) is 0. The van der Waals surface area contributed by atoms with Gasteiger partial charge < -0.3 is 9.80 Å². The van der Waals surface area contributed by atoms with Crippen LogP contribution in [-0.2, 0) is 5.41 Å². The van der Waals surface area contributed by atoms with Crippen molar-refractivity contribution in [2.45, 2.75) is 39.0 Å². The van der Waals surface area contributed by atoms with Crippen molar-refractivity contribution in [1.29, 1.82) is 0 Å². The highest BCUT2D eigenvalue weighted by Crippen LogP contribution is 2.29. The van der Waals surface area contributed by atoms with Crippen LogP contribution in [0.25, 0.3) is 0 Å². The Balaban J connectivity index is 1.51. The molecule has 0 amide bonds. The van der Waals surface area contributed by atoms with E-state index in [4.69, 9.17) is 12.2 Å². The van der Waals surface area contributed by atoms with E-state index in [1.807, 2.05) is 0 Å². The number of hydrogen-bond donors (Lipinski definition) is 0. The van der Waals surface area contributed by atoms with Crippen molar-refractivity contribution in [2.24, 2.45) is 0 Å². The van der Waals surface area contributed by atoms with Crippen LogP contribution in [0.1, 0.15) is 37.8 Å². The second kappa shape index (κ2) is 8.22. The molecule has 2 nitrogen and oxygen atoms in total. The minimum atomic E-state index is 0.161. The normalized spacial score (nSPS) is 15.2. The fourth-order valence-corrected chi connectivity index (χ4v) is 3.93. The molecule has 1 fully saturated rings. The molecule has 0 spiro atoms. The Bertz CT molecular complexity index is 731. The second-order valence-electron chi connectivity index (χ2n) is 7.96. The molecule has 1 saturated heterocycles. The van der Waals surface area contributed by atoms with Gasteiger partial charge in [-0.25, -0.2) is 0 Å². The van der Waals surface area contributed by atoms with E-state index in [0.29, 0.717) is 0 Å². The standard InChI is InChI=1S/C23H30N2S/c1-19-8-7-11-21(18-19)24-14-16-25(17-15-24)22(26)12-13-23(2,3)20-9-5-4-6-10-20/h4-11,18H,12-17H2,1-3H3. The molecule has 1 aliphatic rings. The second-order valence-corrected chi connectivity index (χ2v) is 8.43. The lowest BCUT2D eigenvalue weighted by Crippen LogP contribution is -2.48. The monoisotopic (exact) mass is 366 g/mol. The van der Waals surface area contributed by atoms with E-state index in [0.717, 1.165) is 44.0 Å². The minimum Gasteiger partial charge on any atom is -0.368 e. The van der Waals surface area contributed by atoms with Crippen molar-refractivity contribution in [3.63, 3.8) is 0 Å². The number of anilines is 1. The van der Waals surface area contributed by atoms with Crippen molar-refractivity contribution in [3.8, 4) is 0 Å². The number of piperazine rings is 1. The average molecular weight is 367 g/mol. The third kappa shape index (κ3) is 4.64. The Hall–Kier alpha value is -1.87. The Morgan fingerprint density at radius 3 is 2.31 bits per heavy atom. The third-order valence-corrected chi connectivity index (χ3v) is 5.98. The largest absolute Gasteiger partial charge is 0.368 e. The molecule has 3 heteroatoms. The SMILES string of the molecule is Cc1cccc(N2CCN(C(=S)CCC(C)(C)c3ccccc3)CC2)c1. The maximum absolute atomic E-state index is 5.78. The summed E-state index contributed by atoms with van der Waals surface area (Å²) < 4.78 is 0. The van der Waals surface area contributed by atoms with Gasteiger partial charge in [0, 0.05) is 31.9 Å². The van der Waals surface area contributed by atoms with Crippen molar-refractivity contribution in [1.82, 2.24) is 4.90 Å². The highest BCUT2D eigenvalue weighted by atomic mass is 32.1. The van der Waals surface area contributed by atoms with Crippen molar-refractivity contribution in [3.05, 3.63) is 65.7 Å². The van der Waals surface area contributed by atoms with Crippen molar-refractivity contribution in [2.75, 3.05) is 31.1 Å². The Labute approximate surface area is 163 Å². The lowest BCUT2D eigenvalue weighted by atomic mass is 9.80. The van der Waals surface area contributed by atoms with E-state index < -0.39 is 0 Å². The molecule has 1 aliphatic heterocycles. The number of benzene rings is 2. The summed E-state index contributed by atoms with van der Waals surface area (Å²) in [6.07, 6.45) is 2.08. The van der Waals surface area contributed by atoms with E-state index >= 15 is 0 Å². The molecule has 0 atom stereocenters. The summed E-state index contributed by atoms with van der Waals surface area (Å²) in [6, 6.07) is 19.6. The van der Waals surface area contributed by atoms with Gasteiger partial charge in [-0.1, -0.05) is 68.5 Å². The predicted molar refractivity (Wildman–Crippen MR) is 116 cm³/mol. The van der Waals surface area contributed by atoms with Crippen LogP contribution in [0.15, 0.2) is 54.6 Å². The van der Waals surface area contributed by atoms with Gasteiger partial charge in [0.2, 0.25) is 0 Å². The lowest BCUT2D eigenvalue weighted by molar-refractivity contribution is 0.377. The fourth-order valence-electron chi connectivity index (χ4n) is 3.65. The number of hydrogen-bond acceptors (Lipinski definition) is 2. The van der Waals surface area contributed by atoms with Crippen LogP contribution in [0.3, 0.4) is 0 Å². The van der Waals surface area contributed by atoms with Crippen LogP contribution < -0.4 is 4.90 Å². The average Bonchev–Trinajstić information content (AvgIpc) is 2.67. The molecule has 0 unspecified atom stereocenters. The van der Waals surface area contributed by atoms with Crippen molar-refractivity contribution < 1.29 is 0 Å². The van der Waals surface area contributed by atoms with Crippen molar-refractivity contribution >= 4 is 22.9 Å². The van der Waals surface area contributed by atoms with Crippen LogP contribution in [0.2, 0.25) is 0 Å². The molecular weight excluding hydrogens is 336 g/mol. The topological polar surface area (TPSA) is 6.48 Å². The number of thiocarbonyl (C=S) groups is 1. The molecule has 26 heavy (non-hydrogen) atoms. The molecule has 1 heterocycles. The van der Waals surface area contributed by atoms with Crippen LogP contribution in [-0.4, -0.2) is 36.1 Å². The van der Waals surface area contributed by atoms with E-state index in [1.165, 1.54) is 16.8 Å². The summed E-state index contributed by atoms with van der Waals surface area (Å²) in [5.41, 5.74) is 4.21. The quantitative estimate of drug-likeness (QED) is 0.671. The zero-order chi connectivity index (χ0) is 18.6. The summed E-state index contributed by atoms with van der Waals surface area (Å²) in [5, 5.41) is 0. The van der Waals surface area contributed by atoms with Gasteiger partial charge in [0.15, 0.2) is 0 Å². The smallest absolute Gasteiger partial charge is 0.0780 e. The molecule has 138 valence electrons. The van der Waals surface area contributed by atoms with E-state index in [2.05, 4.69) is 85.2 Å². The fraction of sp³-hybridized carbons (Fsp3) is 0.435. The van der Waals surface area contributed by atoms with Gasteiger partial charge in [-0.3, -0.25) is 0 Å². The number of nitrogens with zero attached hydrogens (tertiary/aromatic N) is 2. The molecule has 0 aromatic heterocycles. The van der Waals surface area contributed by atoms with E-state index in [1.54, 1.807) is 0 Å². The first kappa shape index (κ1) is 18.9. The molecule has 0 radical (unpaired) electrons. The van der Waals surface area contributed by atoms with Gasteiger partial charge in [0.25, 0.3) is 0 Å². The molecule has 0 saturated carbocycles. The van der Waals surface area contributed by atoms with Crippen LogP contribution >= 0.6 is 12.2 Å². The first-order chi connectivity index (χ1) is 12.5. The van der Waals surface area contributed by atoms with Gasteiger partial charge in [-0.15, -0.1) is 0 Å². The van der Waals surface area contributed by atoms with E-state index in [9.17, 15) is 0 Å². The van der Waals surface area contributed by atoms with Crippen LogP contribution in [0.4, 0.5) is 5.69 Å². The number of aryl methyl sites for hydroxylation is 1. The highest BCUT2D eigenvalue weighted by Gasteiger charge is 2.23. The molecule has 2 aromatic carbocycles. The van der Waals surface area contributed by atoms with Crippen LogP contribution in [0, 0.1) is 6.92 Å². The zero-order valence-electron chi connectivity index (χ0n) is 16.2. The van der Waals surface area contributed by atoms with Gasteiger partial charge >= 0.3 is 0 Å². The lowest BCUT2D eigenvalue weighted by Gasteiger charge is -2.38. The maximum atomic E-state index is 5.78. The summed E-state index contributed by atoms with van der Waals surface area (Å²) in [5.74, 6) is 0. The first-order valence-electron chi connectivity index (χ1n) is 9.61. The predicted octanol–water partition coefficient (Wildman–Crippen LogP) is 5.20. The van der Waals surface area contributed by atoms with E-state index in [-0.39, 0.29) is 5.41 Å². The maximum Gasteiger partial charge on any atom is 0.0780 e. The molecule has 0 aliphatic carbocycles. The summed E-state index contributed by atoms with van der Waals surface area (Å²) in [4.78, 5) is 6.00. The molecule has 3 rings (SSSR count). The minimum absolute atomic E-state index is 0.161. The summed E-state index contributed by atoms with van der Waals surface area (Å²) in [6.45, 7) is 10.9. The third-order valence-electron chi connectivity index (χ3n) is 5.52. The molecular formula is C23H30N2S. The van der Waals surface area contributed by atoms with Gasteiger partial charge in [-0.05, 0) is 48.4 Å². The van der Waals surface area contributed by atoms with Crippen LogP contribution in [0.5, 0.6) is 0 Å². The Kier molecular flexibility index (Phi) is 5.98. The molecule has 0 N–H and O–H groups in total. The van der Waals surface area contributed by atoms with Gasteiger partial charge in [0.05, 0.1) is 4.99 Å². The Morgan fingerprint density at radius 2 is 1.65 bits per heavy atom. The molecule has 0 bridgehead atoms. The first-order valence-corrected chi connectivity index (χ1v) is 10.0. The number of rotatable bonds is 5. The van der Waals surface area contributed by atoms with Gasteiger partial charge in [0.1, 0.15) is 0 Å². The highest BCUT2D eigenvalue weighted by molar-refractivity contribution is 7.80.